The topological polar surface area (TPSA) is 46.2 Å². The van der Waals surface area contributed by atoms with Gasteiger partial charge in [-0.2, -0.15) is 0 Å². The van der Waals surface area contributed by atoms with Crippen LogP contribution in [0, 0.1) is 28.6 Å². The van der Waals surface area contributed by atoms with Crippen molar-refractivity contribution in [3.63, 3.8) is 0 Å². The zero-order valence-electron chi connectivity index (χ0n) is 13.4. The first-order valence-electron chi connectivity index (χ1n) is 8.78. The normalized spacial score (nSPS) is 55.4. The van der Waals surface area contributed by atoms with Gasteiger partial charge in [0.05, 0.1) is 6.10 Å². The quantitative estimate of drug-likeness (QED) is 0.671. The number of aliphatic hydroxyl groups excluding tert-OH is 1. The number of hydrogen-bond donors (Lipinski definition) is 2. The Morgan fingerprint density at radius 2 is 2.00 bits per heavy atom. The van der Waals surface area contributed by atoms with Crippen molar-refractivity contribution in [3.05, 3.63) is 23.8 Å². The fourth-order valence-electron chi connectivity index (χ4n) is 6.10. The lowest BCUT2D eigenvalue weighted by molar-refractivity contribution is 0.0379. The third-order valence-electron chi connectivity index (χ3n) is 7.66. The van der Waals surface area contributed by atoms with Crippen molar-refractivity contribution < 1.29 is 5.11 Å². The van der Waals surface area contributed by atoms with Gasteiger partial charge in [0.2, 0.25) is 0 Å². The molecule has 0 bridgehead atoms. The first kappa shape index (κ1) is 14.0. The van der Waals surface area contributed by atoms with Gasteiger partial charge in [-0.05, 0) is 67.1 Å². The highest BCUT2D eigenvalue weighted by Gasteiger charge is 2.56. The van der Waals surface area contributed by atoms with Gasteiger partial charge in [-0.25, -0.2) is 0 Å². The Morgan fingerprint density at radius 1 is 1.19 bits per heavy atom. The highest BCUT2D eigenvalue weighted by Crippen LogP contribution is 2.63. The van der Waals surface area contributed by atoms with E-state index in [4.69, 9.17) is 5.73 Å². The molecule has 0 amide bonds. The van der Waals surface area contributed by atoms with Crippen LogP contribution in [0.25, 0.3) is 0 Å². The predicted molar refractivity (Wildman–Crippen MR) is 85.6 cm³/mol. The first-order chi connectivity index (χ1) is 9.95. The summed E-state index contributed by atoms with van der Waals surface area (Å²) in [4.78, 5) is 0. The summed E-state index contributed by atoms with van der Waals surface area (Å²) in [6.07, 6.45) is 13.8. The monoisotopic (exact) mass is 287 g/mol. The lowest BCUT2D eigenvalue weighted by atomic mass is 9.50. The fourth-order valence-corrected chi connectivity index (χ4v) is 6.10. The Balaban J connectivity index is 1.72. The highest BCUT2D eigenvalue weighted by molar-refractivity contribution is 5.31. The number of hydrogen-bond acceptors (Lipinski definition) is 2. The van der Waals surface area contributed by atoms with Crippen molar-refractivity contribution in [2.45, 2.75) is 64.5 Å². The summed E-state index contributed by atoms with van der Waals surface area (Å²) in [7, 11) is 0. The molecule has 2 saturated carbocycles. The molecule has 0 aromatic carbocycles. The van der Waals surface area contributed by atoms with Crippen molar-refractivity contribution in [1.29, 1.82) is 0 Å². The molecule has 7 atom stereocenters. The van der Waals surface area contributed by atoms with Crippen LogP contribution in [-0.4, -0.2) is 17.3 Å². The van der Waals surface area contributed by atoms with Gasteiger partial charge >= 0.3 is 0 Å². The Morgan fingerprint density at radius 3 is 2.81 bits per heavy atom. The van der Waals surface area contributed by atoms with Crippen LogP contribution in [0.3, 0.4) is 0 Å². The largest absolute Gasteiger partial charge is 0.389 e. The number of nitrogens with two attached hydrogens (primary N) is 1. The van der Waals surface area contributed by atoms with E-state index in [1.807, 2.05) is 6.08 Å². The number of fused-ring (bicyclic) bond motifs is 5. The Labute approximate surface area is 128 Å². The van der Waals surface area contributed by atoms with Crippen LogP contribution in [-0.2, 0) is 0 Å². The molecular weight excluding hydrogens is 258 g/mol. The summed E-state index contributed by atoms with van der Waals surface area (Å²) < 4.78 is 0. The Kier molecular flexibility index (Phi) is 2.97. The molecule has 0 aromatic heterocycles. The van der Waals surface area contributed by atoms with Crippen molar-refractivity contribution in [2.75, 3.05) is 0 Å². The van der Waals surface area contributed by atoms with Crippen LogP contribution in [0.4, 0.5) is 0 Å². The molecule has 0 saturated heterocycles. The minimum absolute atomic E-state index is 0.230. The van der Waals surface area contributed by atoms with Crippen molar-refractivity contribution >= 4 is 0 Å². The molecule has 1 unspecified atom stereocenters. The fraction of sp³-hybridized carbons (Fsp3) is 0.789. The second-order valence-electron chi connectivity index (χ2n) is 8.50. The summed E-state index contributed by atoms with van der Waals surface area (Å²) in [5.74, 6) is 2.01. The number of rotatable bonds is 0. The molecule has 0 aliphatic heterocycles. The molecule has 0 spiro atoms. The van der Waals surface area contributed by atoms with Gasteiger partial charge in [-0.3, -0.25) is 0 Å². The Hall–Kier alpha value is -0.600. The molecule has 116 valence electrons. The molecular formula is C19H29NO. The van der Waals surface area contributed by atoms with Crippen LogP contribution >= 0.6 is 0 Å². The van der Waals surface area contributed by atoms with Crippen LogP contribution in [0.1, 0.15) is 52.4 Å². The van der Waals surface area contributed by atoms with E-state index in [2.05, 4.69) is 26.0 Å². The predicted octanol–water partition coefficient (Wildman–Crippen LogP) is 3.41. The van der Waals surface area contributed by atoms with Gasteiger partial charge in [0.15, 0.2) is 0 Å². The standard InChI is InChI=1S/C19H29NO/c1-18-9-7-13(21)11-12(18)3-4-14-15-5-6-17(20)19(15,2)10-8-16(14)18/h4,7,9,12-13,15-17,21H,3,5-6,8,10-11,20H2,1-2H3/t12?,13-,15-,16-,17-,18-,19-/m0/s1. The molecule has 2 fully saturated rings. The minimum atomic E-state index is -0.230. The zero-order chi connectivity index (χ0) is 14.8. The average molecular weight is 287 g/mol. The van der Waals surface area contributed by atoms with E-state index < -0.39 is 0 Å². The van der Waals surface area contributed by atoms with Gasteiger partial charge in [0.1, 0.15) is 0 Å². The summed E-state index contributed by atoms with van der Waals surface area (Å²) in [5, 5.41) is 9.96. The maximum atomic E-state index is 9.96. The molecule has 4 aliphatic rings. The SMILES string of the molecule is C[C@]12CC[C@H]3C(=CCC4C[C@@H](O)C=C[C@@]43C)[C@@H]1CC[C@@H]2N. The molecule has 2 nitrogen and oxygen atoms in total. The zero-order valence-corrected chi connectivity index (χ0v) is 13.4. The van der Waals surface area contributed by atoms with Crippen LogP contribution < -0.4 is 5.73 Å². The van der Waals surface area contributed by atoms with Gasteiger partial charge in [-0.1, -0.05) is 37.6 Å². The number of aliphatic hydroxyl groups is 1. The lowest BCUT2D eigenvalue weighted by Gasteiger charge is -2.55. The maximum Gasteiger partial charge on any atom is 0.0724 e. The molecule has 0 heterocycles. The molecule has 0 aromatic rings. The molecule has 4 rings (SSSR count). The van der Waals surface area contributed by atoms with Crippen LogP contribution in [0.2, 0.25) is 0 Å². The molecule has 21 heavy (non-hydrogen) atoms. The third-order valence-corrected chi connectivity index (χ3v) is 7.66. The van der Waals surface area contributed by atoms with E-state index in [1.165, 1.54) is 25.7 Å². The average Bonchev–Trinajstić information content (AvgIpc) is 2.76. The third kappa shape index (κ3) is 1.78. The maximum absolute atomic E-state index is 9.96. The van der Waals surface area contributed by atoms with Crippen molar-refractivity contribution in [3.8, 4) is 0 Å². The van der Waals surface area contributed by atoms with E-state index in [0.717, 1.165) is 12.8 Å². The van der Waals surface area contributed by atoms with Crippen molar-refractivity contribution in [2.24, 2.45) is 34.3 Å². The van der Waals surface area contributed by atoms with Gasteiger partial charge < -0.3 is 10.8 Å². The second-order valence-corrected chi connectivity index (χ2v) is 8.50. The van der Waals surface area contributed by atoms with E-state index >= 15 is 0 Å². The second kappa shape index (κ2) is 4.45. The summed E-state index contributed by atoms with van der Waals surface area (Å²) in [6.45, 7) is 4.87. The minimum Gasteiger partial charge on any atom is -0.389 e. The van der Waals surface area contributed by atoms with E-state index in [-0.39, 0.29) is 11.5 Å². The molecule has 3 N–H and O–H groups in total. The molecule has 0 radical (unpaired) electrons. The van der Waals surface area contributed by atoms with Crippen molar-refractivity contribution in [1.82, 2.24) is 0 Å². The molecule has 2 heteroatoms. The van der Waals surface area contributed by atoms with Crippen LogP contribution in [0.5, 0.6) is 0 Å². The summed E-state index contributed by atoms with van der Waals surface area (Å²) in [6, 6.07) is 0.388. The van der Waals surface area contributed by atoms with E-state index in [9.17, 15) is 5.11 Å². The van der Waals surface area contributed by atoms with Gasteiger partial charge in [0.25, 0.3) is 0 Å². The number of allylic oxidation sites excluding steroid dienone is 3. The van der Waals surface area contributed by atoms with E-state index in [1.54, 1.807) is 5.57 Å². The lowest BCUT2D eigenvalue weighted by Crippen LogP contribution is -2.49. The first-order valence-corrected chi connectivity index (χ1v) is 8.78. The Bertz CT molecular complexity index is 510. The highest BCUT2D eigenvalue weighted by atomic mass is 16.3. The van der Waals surface area contributed by atoms with E-state index in [0.29, 0.717) is 29.2 Å². The smallest absolute Gasteiger partial charge is 0.0724 e. The summed E-state index contributed by atoms with van der Waals surface area (Å²) >= 11 is 0. The molecule has 4 aliphatic carbocycles. The summed E-state index contributed by atoms with van der Waals surface area (Å²) in [5.41, 5.74) is 8.77. The van der Waals surface area contributed by atoms with Gasteiger partial charge in [-0.15, -0.1) is 0 Å². The van der Waals surface area contributed by atoms with Crippen LogP contribution in [0.15, 0.2) is 23.8 Å². The van der Waals surface area contributed by atoms with Gasteiger partial charge in [0, 0.05) is 6.04 Å².